The molecule has 0 aliphatic carbocycles. The van der Waals surface area contributed by atoms with Gasteiger partial charge in [0.15, 0.2) is 5.69 Å². The number of piperidine rings is 1. The highest BCUT2D eigenvalue weighted by atomic mass is 19.4. The Hall–Kier alpha value is -3.50. The molecule has 4 rings (SSSR count). The number of rotatable bonds is 5. The maximum absolute atomic E-state index is 12.8. The van der Waals surface area contributed by atoms with E-state index in [1.54, 1.807) is 29.2 Å². The smallest absolute Gasteiger partial charge is 0.433 e. The van der Waals surface area contributed by atoms with Crippen LogP contribution in [0.5, 0.6) is 6.01 Å². The zero-order valence-electron chi connectivity index (χ0n) is 17.0. The molecular weight excluding hydrogens is 427 g/mol. The molecule has 2 aromatic heterocycles. The van der Waals surface area contributed by atoms with E-state index in [1.807, 2.05) is 0 Å². The van der Waals surface area contributed by atoms with Crippen LogP contribution >= 0.6 is 0 Å². The fourth-order valence-electron chi connectivity index (χ4n) is 3.61. The number of aryl methyl sites for hydroxylation is 1. The first kappa shape index (κ1) is 21.7. The zero-order chi connectivity index (χ0) is 22.7. The first-order valence-corrected chi connectivity index (χ1v) is 10.1. The Morgan fingerprint density at radius 3 is 2.81 bits per heavy atom. The van der Waals surface area contributed by atoms with E-state index in [4.69, 9.17) is 4.74 Å². The van der Waals surface area contributed by atoms with Gasteiger partial charge < -0.3 is 9.64 Å². The molecule has 0 spiro atoms. The van der Waals surface area contributed by atoms with E-state index in [2.05, 4.69) is 15.0 Å². The third kappa shape index (κ3) is 4.87. The van der Waals surface area contributed by atoms with Crippen molar-refractivity contribution < 1.29 is 22.7 Å². The zero-order valence-corrected chi connectivity index (χ0v) is 17.0. The fraction of sp³-hybridized carbons (Fsp3) is 0.381. The summed E-state index contributed by atoms with van der Waals surface area (Å²) in [6.07, 6.45) is -1.40. The van der Waals surface area contributed by atoms with E-state index in [1.165, 1.54) is 10.9 Å². The molecule has 1 unspecified atom stereocenters. The van der Waals surface area contributed by atoms with Crippen LogP contribution in [0.3, 0.4) is 0 Å². The molecule has 1 atom stereocenters. The van der Waals surface area contributed by atoms with E-state index in [0.29, 0.717) is 30.3 Å². The van der Waals surface area contributed by atoms with Crippen LogP contribution in [-0.2, 0) is 17.5 Å². The van der Waals surface area contributed by atoms with Crippen molar-refractivity contribution in [1.29, 1.82) is 0 Å². The van der Waals surface area contributed by atoms with E-state index < -0.39 is 18.0 Å². The minimum absolute atomic E-state index is 0.0900. The van der Waals surface area contributed by atoms with Crippen LogP contribution in [0.25, 0.3) is 10.9 Å². The fourth-order valence-corrected chi connectivity index (χ4v) is 3.61. The minimum Gasteiger partial charge on any atom is -0.458 e. The Balaban J connectivity index is 1.37. The number of aromatic nitrogens is 4. The Morgan fingerprint density at radius 2 is 2.00 bits per heavy atom. The average molecular weight is 447 g/mol. The Bertz CT molecular complexity index is 1180. The predicted octanol–water partition coefficient (Wildman–Crippen LogP) is 2.67. The summed E-state index contributed by atoms with van der Waals surface area (Å²) in [4.78, 5) is 38.2. The summed E-state index contributed by atoms with van der Waals surface area (Å²) < 4.78 is 45.4. The van der Waals surface area contributed by atoms with Crippen molar-refractivity contribution in [1.82, 2.24) is 24.4 Å². The summed E-state index contributed by atoms with van der Waals surface area (Å²) in [6.45, 7) is 0.893. The van der Waals surface area contributed by atoms with Gasteiger partial charge in [-0.25, -0.2) is 9.97 Å². The van der Waals surface area contributed by atoms with Gasteiger partial charge in [0.05, 0.1) is 23.8 Å². The SMILES string of the molecule is O=C(CCn1cnc2ccccc2c1=O)N1CCCC(Oc2nccc(C(F)(F)F)n2)C1. The summed E-state index contributed by atoms with van der Waals surface area (Å²) in [7, 11) is 0. The van der Waals surface area contributed by atoms with Crippen molar-refractivity contribution in [3.8, 4) is 6.01 Å². The van der Waals surface area contributed by atoms with Crippen molar-refractivity contribution >= 4 is 16.8 Å². The number of nitrogens with zero attached hydrogens (tertiary/aromatic N) is 5. The van der Waals surface area contributed by atoms with Gasteiger partial charge in [0, 0.05) is 25.7 Å². The number of ether oxygens (including phenoxy) is 1. The number of carbonyl (C=O) groups excluding carboxylic acids is 1. The lowest BCUT2D eigenvalue weighted by Crippen LogP contribution is -2.45. The Morgan fingerprint density at radius 1 is 1.19 bits per heavy atom. The molecule has 8 nitrogen and oxygen atoms in total. The summed E-state index contributed by atoms with van der Waals surface area (Å²) >= 11 is 0. The number of fused-ring (bicyclic) bond motifs is 1. The van der Waals surface area contributed by atoms with Crippen molar-refractivity contribution in [2.75, 3.05) is 13.1 Å². The second-order valence-corrected chi connectivity index (χ2v) is 7.45. The van der Waals surface area contributed by atoms with Crippen LogP contribution in [-0.4, -0.2) is 49.5 Å². The van der Waals surface area contributed by atoms with Crippen molar-refractivity contribution in [2.24, 2.45) is 0 Å². The molecule has 1 aliphatic heterocycles. The number of amides is 1. The van der Waals surface area contributed by atoms with Crippen molar-refractivity contribution in [3.05, 3.63) is 58.9 Å². The monoisotopic (exact) mass is 447 g/mol. The number of carbonyl (C=O) groups is 1. The van der Waals surface area contributed by atoms with E-state index in [0.717, 1.165) is 12.3 Å². The predicted molar refractivity (Wildman–Crippen MR) is 108 cm³/mol. The van der Waals surface area contributed by atoms with Gasteiger partial charge >= 0.3 is 12.2 Å². The molecule has 1 aliphatic rings. The average Bonchev–Trinajstić information content (AvgIpc) is 2.78. The van der Waals surface area contributed by atoms with Crippen molar-refractivity contribution in [2.45, 2.75) is 38.1 Å². The topological polar surface area (TPSA) is 90.2 Å². The Labute approximate surface area is 180 Å². The van der Waals surface area contributed by atoms with Crippen LogP contribution in [0.4, 0.5) is 13.2 Å². The van der Waals surface area contributed by atoms with Crippen LogP contribution in [0, 0.1) is 0 Å². The standard InChI is InChI=1S/C21H20F3N5O3/c22-21(23,24)17-7-9-25-20(27-17)32-14-4-3-10-28(12-14)18(30)8-11-29-13-26-16-6-2-1-5-15(16)19(29)31/h1-2,5-7,9,13-14H,3-4,8,10-12H2. The largest absolute Gasteiger partial charge is 0.458 e. The molecule has 168 valence electrons. The molecule has 0 N–H and O–H groups in total. The van der Waals surface area contributed by atoms with E-state index in [9.17, 15) is 22.8 Å². The maximum Gasteiger partial charge on any atom is 0.433 e. The second kappa shape index (κ2) is 8.93. The highest BCUT2D eigenvalue weighted by Gasteiger charge is 2.33. The molecule has 0 saturated carbocycles. The summed E-state index contributed by atoms with van der Waals surface area (Å²) in [5, 5.41) is 0.481. The van der Waals surface area contributed by atoms with Crippen LogP contribution in [0.2, 0.25) is 0 Å². The summed E-state index contributed by atoms with van der Waals surface area (Å²) in [5.74, 6) is -0.177. The number of alkyl halides is 3. The number of halogens is 3. The first-order chi connectivity index (χ1) is 15.3. The van der Waals surface area contributed by atoms with Gasteiger partial charge in [-0.05, 0) is 31.0 Å². The van der Waals surface area contributed by atoms with Gasteiger partial charge in [-0.15, -0.1) is 0 Å². The van der Waals surface area contributed by atoms with Crippen LogP contribution in [0.15, 0.2) is 47.7 Å². The third-order valence-corrected chi connectivity index (χ3v) is 5.22. The highest BCUT2D eigenvalue weighted by molar-refractivity contribution is 5.77. The van der Waals surface area contributed by atoms with Gasteiger partial charge in [-0.1, -0.05) is 12.1 Å². The van der Waals surface area contributed by atoms with E-state index in [-0.39, 0.29) is 37.0 Å². The maximum atomic E-state index is 12.8. The Kier molecular flexibility index (Phi) is 6.06. The number of likely N-dealkylation sites (tertiary alicyclic amines) is 1. The van der Waals surface area contributed by atoms with Gasteiger partial charge in [0.1, 0.15) is 6.10 Å². The third-order valence-electron chi connectivity index (χ3n) is 5.22. The summed E-state index contributed by atoms with van der Waals surface area (Å²) in [5.41, 5.74) is -0.710. The van der Waals surface area contributed by atoms with Gasteiger partial charge in [-0.3, -0.25) is 14.2 Å². The molecule has 0 radical (unpaired) electrons. The second-order valence-electron chi connectivity index (χ2n) is 7.45. The first-order valence-electron chi connectivity index (χ1n) is 10.1. The number of hydrogen-bond acceptors (Lipinski definition) is 6. The quantitative estimate of drug-likeness (QED) is 0.598. The molecule has 1 aromatic carbocycles. The molecule has 1 fully saturated rings. The lowest BCUT2D eigenvalue weighted by molar-refractivity contribution is -0.141. The minimum atomic E-state index is -4.59. The van der Waals surface area contributed by atoms with Gasteiger partial charge in [0.2, 0.25) is 5.91 Å². The van der Waals surface area contributed by atoms with Crippen molar-refractivity contribution in [3.63, 3.8) is 0 Å². The molecule has 1 saturated heterocycles. The van der Waals surface area contributed by atoms with Crippen LogP contribution in [0.1, 0.15) is 25.0 Å². The van der Waals surface area contributed by atoms with Gasteiger partial charge in [0.25, 0.3) is 5.56 Å². The molecule has 3 heterocycles. The normalized spacial score (nSPS) is 16.8. The molecule has 32 heavy (non-hydrogen) atoms. The molecule has 1 amide bonds. The molecule has 3 aromatic rings. The highest BCUT2D eigenvalue weighted by Crippen LogP contribution is 2.28. The number of benzene rings is 1. The van der Waals surface area contributed by atoms with Gasteiger partial charge in [-0.2, -0.15) is 18.2 Å². The van der Waals surface area contributed by atoms with E-state index >= 15 is 0 Å². The number of hydrogen-bond donors (Lipinski definition) is 0. The number of para-hydroxylation sites is 1. The lowest BCUT2D eigenvalue weighted by Gasteiger charge is -2.32. The lowest BCUT2D eigenvalue weighted by atomic mass is 10.1. The van der Waals surface area contributed by atoms with Crippen LogP contribution < -0.4 is 10.3 Å². The molecule has 0 bridgehead atoms. The molecular formula is C21H20F3N5O3. The summed E-state index contributed by atoms with van der Waals surface area (Å²) in [6, 6.07) is 7.38. The molecule has 11 heteroatoms.